The molecule has 5 nitrogen and oxygen atoms in total. The fourth-order valence-electron chi connectivity index (χ4n) is 3.64. The molecule has 134 valence electrons. The molecular weight excluding hydrogens is 333 g/mol. The van der Waals surface area contributed by atoms with Crippen molar-refractivity contribution in [3.8, 4) is 0 Å². The number of fused-ring (bicyclic) bond motifs is 1. The van der Waals surface area contributed by atoms with Gasteiger partial charge in [0.1, 0.15) is 5.82 Å². The first-order valence-electron chi connectivity index (χ1n) is 8.73. The number of amides is 2. The zero-order chi connectivity index (χ0) is 18.3. The first-order chi connectivity index (χ1) is 12.5. The Morgan fingerprint density at radius 3 is 2.46 bits per heavy atom. The smallest absolute Gasteiger partial charge is 0.253 e. The summed E-state index contributed by atoms with van der Waals surface area (Å²) >= 11 is 0. The summed E-state index contributed by atoms with van der Waals surface area (Å²) in [5.41, 5.74) is 2.95. The molecule has 0 N–H and O–H groups in total. The summed E-state index contributed by atoms with van der Waals surface area (Å²) in [5, 5.41) is 0. The van der Waals surface area contributed by atoms with Gasteiger partial charge in [0.05, 0.1) is 12.1 Å². The van der Waals surface area contributed by atoms with E-state index in [-0.39, 0.29) is 17.6 Å². The van der Waals surface area contributed by atoms with Crippen LogP contribution in [0, 0.1) is 5.82 Å². The molecule has 0 saturated carbocycles. The standard InChI is InChI=1S/C20H20FN3O2/c1-22-17-7-6-14(12-15(17)13-19(22)25)20(26)24-10-8-23(9-11-24)18-5-3-2-4-16(18)21/h2-7,12H,8-11,13H2,1H3. The van der Waals surface area contributed by atoms with E-state index in [0.717, 1.165) is 11.3 Å². The Kier molecular flexibility index (Phi) is 4.11. The van der Waals surface area contributed by atoms with E-state index in [1.54, 1.807) is 35.0 Å². The number of anilines is 2. The van der Waals surface area contributed by atoms with Crippen molar-refractivity contribution in [1.29, 1.82) is 0 Å². The van der Waals surface area contributed by atoms with Crippen molar-refractivity contribution in [2.45, 2.75) is 6.42 Å². The van der Waals surface area contributed by atoms with Gasteiger partial charge in [0.15, 0.2) is 0 Å². The van der Waals surface area contributed by atoms with Crippen LogP contribution in [-0.2, 0) is 11.2 Å². The fourth-order valence-corrected chi connectivity index (χ4v) is 3.64. The van der Waals surface area contributed by atoms with E-state index in [1.807, 2.05) is 23.1 Å². The number of benzene rings is 2. The average molecular weight is 353 g/mol. The molecular formula is C20H20FN3O2. The van der Waals surface area contributed by atoms with Crippen LogP contribution in [0.5, 0.6) is 0 Å². The van der Waals surface area contributed by atoms with Crippen molar-refractivity contribution in [3.05, 3.63) is 59.4 Å². The van der Waals surface area contributed by atoms with Crippen LogP contribution in [-0.4, -0.2) is 49.9 Å². The van der Waals surface area contributed by atoms with Gasteiger partial charge >= 0.3 is 0 Å². The lowest BCUT2D eigenvalue weighted by molar-refractivity contribution is -0.117. The maximum absolute atomic E-state index is 13.9. The fraction of sp³-hybridized carbons (Fsp3) is 0.300. The zero-order valence-corrected chi connectivity index (χ0v) is 14.6. The molecule has 0 spiro atoms. The SMILES string of the molecule is CN1C(=O)Cc2cc(C(=O)N3CCN(c4ccccc4F)CC3)ccc21. The number of hydrogen-bond donors (Lipinski definition) is 0. The molecule has 2 aromatic rings. The second-order valence-corrected chi connectivity index (χ2v) is 6.70. The average Bonchev–Trinajstić information content (AvgIpc) is 2.95. The molecule has 1 saturated heterocycles. The largest absolute Gasteiger partial charge is 0.366 e. The molecule has 0 aromatic heterocycles. The lowest BCUT2D eigenvalue weighted by Gasteiger charge is -2.36. The van der Waals surface area contributed by atoms with Gasteiger partial charge in [-0.05, 0) is 35.9 Å². The van der Waals surface area contributed by atoms with Crippen LogP contribution in [0.2, 0.25) is 0 Å². The van der Waals surface area contributed by atoms with E-state index in [1.165, 1.54) is 6.07 Å². The van der Waals surface area contributed by atoms with Gasteiger partial charge in [-0.25, -0.2) is 4.39 Å². The van der Waals surface area contributed by atoms with Crippen molar-refractivity contribution in [2.24, 2.45) is 0 Å². The molecule has 2 heterocycles. The van der Waals surface area contributed by atoms with Crippen LogP contribution in [0.3, 0.4) is 0 Å². The summed E-state index contributed by atoms with van der Waals surface area (Å²) in [6, 6.07) is 12.1. The molecule has 2 aromatic carbocycles. The predicted octanol–water partition coefficient (Wildman–Crippen LogP) is 2.31. The third-order valence-corrected chi connectivity index (χ3v) is 5.16. The van der Waals surface area contributed by atoms with Gasteiger partial charge in [-0.3, -0.25) is 9.59 Å². The molecule has 2 amide bonds. The number of para-hydroxylation sites is 1. The lowest BCUT2D eigenvalue weighted by atomic mass is 10.1. The highest BCUT2D eigenvalue weighted by molar-refractivity contribution is 6.03. The van der Waals surface area contributed by atoms with E-state index < -0.39 is 0 Å². The Bertz CT molecular complexity index is 875. The minimum absolute atomic E-state index is 0.0389. The molecule has 2 aliphatic heterocycles. The Balaban J connectivity index is 1.45. The highest BCUT2D eigenvalue weighted by Crippen LogP contribution is 2.29. The Labute approximate surface area is 151 Å². The molecule has 0 bridgehead atoms. The van der Waals surface area contributed by atoms with Gasteiger partial charge in [0.2, 0.25) is 5.91 Å². The van der Waals surface area contributed by atoms with Gasteiger partial charge in [-0.2, -0.15) is 0 Å². The monoisotopic (exact) mass is 353 g/mol. The minimum Gasteiger partial charge on any atom is -0.366 e. The van der Waals surface area contributed by atoms with E-state index >= 15 is 0 Å². The Morgan fingerprint density at radius 1 is 1.00 bits per heavy atom. The topological polar surface area (TPSA) is 43.9 Å². The summed E-state index contributed by atoms with van der Waals surface area (Å²) in [6.45, 7) is 2.28. The summed E-state index contributed by atoms with van der Waals surface area (Å²) in [4.78, 5) is 30.0. The Hall–Kier alpha value is -2.89. The predicted molar refractivity (Wildman–Crippen MR) is 98.1 cm³/mol. The highest BCUT2D eigenvalue weighted by Gasteiger charge is 2.27. The summed E-state index contributed by atoms with van der Waals surface area (Å²) < 4.78 is 13.9. The number of nitrogens with zero attached hydrogens (tertiary/aromatic N) is 3. The molecule has 0 aliphatic carbocycles. The molecule has 0 atom stereocenters. The van der Waals surface area contributed by atoms with Gasteiger partial charge in [-0.15, -0.1) is 0 Å². The maximum atomic E-state index is 13.9. The molecule has 0 unspecified atom stereocenters. The van der Waals surface area contributed by atoms with E-state index in [4.69, 9.17) is 0 Å². The number of carbonyl (C=O) groups is 2. The summed E-state index contributed by atoms with van der Waals surface area (Å²) in [6.07, 6.45) is 0.341. The lowest BCUT2D eigenvalue weighted by Crippen LogP contribution is -2.49. The second kappa shape index (κ2) is 6.44. The van der Waals surface area contributed by atoms with Crippen LogP contribution in [0.1, 0.15) is 15.9 Å². The van der Waals surface area contributed by atoms with Crippen LogP contribution in [0.4, 0.5) is 15.8 Å². The number of rotatable bonds is 2. The first-order valence-corrected chi connectivity index (χ1v) is 8.73. The van der Waals surface area contributed by atoms with Crippen molar-refractivity contribution in [3.63, 3.8) is 0 Å². The zero-order valence-electron chi connectivity index (χ0n) is 14.6. The molecule has 0 radical (unpaired) electrons. The van der Waals surface area contributed by atoms with Gasteiger partial charge in [-0.1, -0.05) is 12.1 Å². The van der Waals surface area contributed by atoms with Crippen LogP contribution in [0.25, 0.3) is 0 Å². The van der Waals surface area contributed by atoms with Gasteiger partial charge in [0, 0.05) is 44.5 Å². The second-order valence-electron chi connectivity index (χ2n) is 6.70. The van der Waals surface area contributed by atoms with Crippen molar-refractivity contribution in [2.75, 3.05) is 43.0 Å². The normalized spacial score (nSPS) is 16.8. The van der Waals surface area contributed by atoms with Gasteiger partial charge < -0.3 is 14.7 Å². The molecule has 1 fully saturated rings. The van der Waals surface area contributed by atoms with E-state index in [2.05, 4.69) is 0 Å². The minimum atomic E-state index is -0.236. The quantitative estimate of drug-likeness (QED) is 0.832. The molecule has 2 aliphatic rings. The summed E-state index contributed by atoms with van der Waals surface area (Å²) in [5.74, 6) is -0.231. The van der Waals surface area contributed by atoms with Crippen molar-refractivity contribution in [1.82, 2.24) is 4.90 Å². The molecule has 4 rings (SSSR count). The van der Waals surface area contributed by atoms with Crippen LogP contribution in [0.15, 0.2) is 42.5 Å². The third kappa shape index (κ3) is 2.81. The highest BCUT2D eigenvalue weighted by atomic mass is 19.1. The number of likely N-dealkylation sites (N-methyl/N-ethyl adjacent to an activating group) is 1. The number of piperazine rings is 1. The first kappa shape index (κ1) is 16.6. The summed E-state index contributed by atoms with van der Waals surface area (Å²) in [7, 11) is 1.75. The molecule has 6 heteroatoms. The van der Waals surface area contributed by atoms with E-state index in [0.29, 0.717) is 43.9 Å². The van der Waals surface area contributed by atoms with E-state index in [9.17, 15) is 14.0 Å². The number of halogens is 1. The van der Waals surface area contributed by atoms with Crippen molar-refractivity contribution < 1.29 is 14.0 Å². The van der Waals surface area contributed by atoms with Gasteiger partial charge in [0.25, 0.3) is 5.91 Å². The number of carbonyl (C=O) groups excluding carboxylic acids is 2. The van der Waals surface area contributed by atoms with Crippen molar-refractivity contribution >= 4 is 23.2 Å². The molecule has 26 heavy (non-hydrogen) atoms. The Morgan fingerprint density at radius 2 is 1.73 bits per heavy atom. The van der Waals surface area contributed by atoms with Crippen LogP contribution >= 0.6 is 0 Å². The number of hydrogen-bond acceptors (Lipinski definition) is 3. The maximum Gasteiger partial charge on any atom is 0.253 e. The van der Waals surface area contributed by atoms with Crippen LogP contribution < -0.4 is 9.80 Å². The third-order valence-electron chi connectivity index (χ3n) is 5.16.